The van der Waals surface area contributed by atoms with E-state index in [4.69, 9.17) is 0 Å². The summed E-state index contributed by atoms with van der Waals surface area (Å²) >= 11 is 0. The summed E-state index contributed by atoms with van der Waals surface area (Å²) in [7, 11) is 0. The maximum atomic E-state index is 12.2. The van der Waals surface area contributed by atoms with Crippen molar-refractivity contribution in [2.75, 3.05) is 25.0 Å². The second-order valence-electron chi connectivity index (χ2n) is 5.56. The number of piperidine rings is 1. The summed E-state index contributed by atoms with van der Waals surface area (Å²) in [6, 6.07) is 6.93. The molecule has 0 radical (unpaired) electrons. The number of nitrogens with one attached hydrogen (secondary N) is 2. The van der Waals surface area contributed by atoms with Crippen molar-refractivity contribution in [1.82, 2.24) is 10.2 Å². The molecule has 5 nitrogen and oxygen atoms in total. The summed E-state index contributed by atoms with van der Waals surface area (Å²) in [5.74, 6) is 0.423. The van der Waals surface area contributed by atoms with Crippen molar-refractivity contribution in [1.29, 1.82) is 0 Å². The molecule has 1 aromatic carbocycles. The van der Waals surface area contributed by atoms with E-state index >= 15 is 0 Å². The first kappa shape index (κ1) is 15.4. The van der Waals surface area contributed by atoms with Gasteiger partial charge in [-0.2, -0.15) is 0 Å². The molecular weight excluding hydrogens is 266 g/mol. The van der Waals surface area contributed by atoms with E-state index in [0.717, 1.165) is 19.5 Å². The molecule has 5 heteroatoms. The van der Waals surface area contributed by atoms with Gasteiger partial charge in [-0.05, 0) is 43.9 Å². The molecule has 2 N–H and O–H groups in total. The maximum Gasteiger partial charge on any atom is 0.321 e. The molecule has 1 atom stereocenters. The number of carbonyl (C=O) groups is 2. The Morgan fingerprint density at radius 3 is 2.90 bits per heavy atom. The molecule has 0 unspecified atom stereocenters. The average Bonchev–Trinajstić information content (AvgIpc) is 2.48. The molecular formula is C16H23N3O2. The molecule has 0 aliphatic carbocycles. The fraction of sp³-hybridized carbons (Fsp3) is 0.500. The molecule has 0 bridgehead atoms. The zero-order valence-corrected chi connectivity index (χ0v) is 12.7. The molecule has 1 saturated heterocycles. The van der Waals surface area contributed by atoms with E-state index in [-0.39, 0.29) is 11.9 Å². The first-order chi connectivity index (χ1) is 10.1. The highest BCUT2D eigenvalue weighted by atomic mass is 16.2. The van der Waals surface area contributed by atoms with Crippen molar-refractivity contribution < 1.29 is 9.59 Å². The number of carbonyl (C=O) groups excluding carboxylic acids is 2. The first-order valence-corrected chi connectivity index (χ1v) is 7.54. The molecule has 2 rings (SSSR count). The lowest BCUT2D eigenvalue weighted by molar-refractivity contribution is 0.0956. The number of rotatable bonds is 3. The summed E-state index contributed by atoms with van der Waals surface area (Å²) in [4.78, 5) is 25.9. The number of hydrogen-bond acceptors (Lipinski definition) is 2. The molecule has 114 valence electrons. The van der Waals surface area contributed by atoms with Crippen LogP contribution in [0.3, 0.4) is 0 Å². The third-order valence-electron chi connectivity index (χ3n) is 3.66. The van der Waals surface area contributed by atoms with Gasteiger partial charge in [0.2, 0.25) is 0 Å². The average molecular weight is 289 g/mol. The summed E-state index contributed by atoms with van der Waals surface area (Å²) in [5.41, 5.74) is 1.21. The predicted molar refractivity (Wildman–Crippen MR) is 83.4 cm³/mol. The summed E-state index contributed by atoms with van der Waals surface area (Å²) in [6.07, 6.45) is 2.23. The molecule has 0 spiro atoms. The molecule has 0 aromatic heterocycles. The quantitative estimate of drug-likeness (QED) is 0.898. The van der Waals surface area contributed by atoms with Crippen molar-refractivity contribution >= 4 is 17.6 Å². The smallest absolute Gasteiger partial charge is 0.321 e. The Kier molecular flexibility index (Phi) is 5.20. The second kappa shape index (κ2) is 7.11. The molecule has 3 amide bonds. The van der Waals surface area contributed by atoms with Crippen LogP contribution >= 0.6 is 0 Å². The van der Waals surface area contributed by atoms with Crippen molar-refractivity contribution in [2.45, 2.75) is 26.7 Å². The number of urea groups is 1. The van der Waals surface area contributed by atoms with Gasteiger partial charge in [0.25, 0.3) is 5.91 Å². The van der Waals surface area contributed by atoms with Gasteiger partial charge in [0.15, 0.2) is 0 Å². The van der Waals surface area contributed by atoms with Crippen molar-refractivity contribution in [3.8, 4) is 0 Å². The SMILES string of the molecule is CCNC(=O)c1cccc(NC(=O)N2CCC[C@H](C)C2)c1. The van der Waals surface area contributed by atoms with E-state index < -0.39 is 0 Å². The van der Waals surface area contributed by atoms with Gasteiger partial charge in [0, 0.05) is 30.9 Å². The van der Waals surface area contributed by atoms with Gasteiger partial charge >= 0.3 is 6.03 Å². The fourth-order valence-electron chi connectivity index (χ4n) is 2.58. The normalized spacial score (nSPS) is 18.2. The standard InChI is InChI=1S/C16H23N3O2/c1-3-17-15(20)13-7-4-8-14(10-13)18-16(21)19-9-5-6-12(2)11-19/h4,7-8,10,12H,3,5-6,9,11H2,1-2H3,(H,17,20)(H,18,21)/t12-/m0/s1. The number of likely N-dealkylation sites (tertiary alicyclic amines) is 1. The van der Waals surface area contributed by atoms with E-state index in [1.165, 1.54) is 6.42 Å². The van der Waals surface area contributed by atoms with Crippen LogP contribution in [0.1, 0.15) is 37.0 Å². The summed E-state index contributed by atoms with van der Waals surface area (Å²) in [6.45, 7) is 6.21. The van der Waals surface area contributed by atoms with Crippen LogP contribution in [-0.2, 0) is 0 Å². The summed E-state index contributed by atoms with van der Waals surface area (Å²) < 4.78 is 0. The maximum absolute atomic E-state index is 12.2. The van der Waals surface area contributed by atoms with Crippen LogP contribution in [0.2, 0.25) is 0 Å². The summed E-state index contributed by atoms with van der Waals surface area (Å²) in [5, 5.41) is 5.63. The molecule has 1 aliphatic rings. The molecule has 1 fully saturated rings. The number of nitrogens with zero attached hydrogens (tertiary/aromatic N) is 1. The third-order valence-corrected chi connectivity index (χ3v) is 3.66. The van der Waals surface area contributed by atoms with Crippen molar-refractivity contribution in [3.05, 3.63) is 29.8 Å². The van der Waals surface area contributed by atoms with Crippen LogP contribution in [-0.4, -0.2) is 36.5 Å². The highest BCUT2D eigenvalue weighted by Crippen LogP contribution is 2.17. The van der Waals surface area contributed by atoms with Crippen LogP contribution in [0, 0.1) is 5.92 Å². The number of benzene rings is 1. The molecule has 21 heavy (non-hydrogen) atoms. The zero-order chi connectivity index (χ0) is 15.2. The van der Waals surface area contributed by atoms with Crippen LogP contribution in [0.15, 0.2) is 24.3 Å². The monoisotopic (exact) mass is 289 g/mol. The molecule has 1 aromatic rings. The lowest BCUT2D eigenvalue weighted by Gasteiger charge is -2.30. The van der Waals surface area contributed by atoms with Gasteiger partial charge in [-0.1, -0.05) is 13.0 Å². The van der Waals surface area contributed by atoms with Gasteiger partial charge in [-0.3, -0.25) is 4.79 Å². The largest absolute Gasteiger partial charge is 0.352 e. The Bertz CT molecular complexity index is 516. The lowest BCUT2D eigenvalue weighted by Crippen LogP contribution is -2.41. The Labute approximate surface area is 125 Å². The first-order valence-electron chi connectivity index (χ1n) is 7.54. The molecule has 0 saturated carbocycles. The molecule has 1 heterocycles. The predicted octanol–water partition coefficient (Wildman–Crippen LogP) is 2.70. The minimum absolute atomic E-state index is 0.0883. The fourth-order valence-corrected chi connectivity index (χ4v) is 2.58. The Morgan fingerprint density at radius 1 is 1.38 bits per heavy atom. The van der Waals surface area contributed by atoms with E-state index in [1.54, 1.807) is 24.3 Å². The van der Waals surface area contributed by atoms with Crippen molar-refractivity contribution in [2.24, 2.45) is 5.92 Å². The lowest BCUT2D eigenvalue weighted by atomic mass is 10.0. The van der Waals surface area contributed by atoms with E-state index in [0.29, 0.717) is 23.7 Å². The Balaban J connectivity index is 2.00. The minimum atomic E-state index is -0.125. The van der Waals surface area contributed by atoms with Crippen LogP contribution < -0.4 is 10.6 Å². The van der Waals surface area contributed by atoms with Crippen LogP contribution in [0.25, 0.3) is 0 Å². The van der Waals surface area contributed by atoms with Gasteiger partial charge in [-0.25, -0.2) is 4.79 Å². The Morgan fingerprint density at radius 2 is 2.19 bits per heavy atom. The highest BCUT2D eigenvalue weighted by Gasteiger charge is 2.20. The highest BCUT2D eigenvalue weighted by molar-refractivity contribution is 5.96. The number of hydrogen-bond donors (Lipinski definition) is 2. The second-order valence-corrected chi connectivity index (χ2v) is 5.56. The third kappa shape index (κ3) is 4.21. The van der Waals surface area contributed by atoms with Gasteiger partial charge in [-0.15, -0.1) is 0 Å². The van der Waals surface area contributed by atoms with E-state index in [9.17, 15) is 9.59 Å². The van der Waals surface area contributed by atoms with Gasteiger partial charge in [0.1, 0.15) is 0 Å². The van der Waals surface area contributed by atoms with Gasteiger partial charge < -0.3 is 15.5 Å². The number of anilines is 1. The number of amides is 3. The van der Waals surface area contributed by atoms with E-state index in [2.05, 4.69) is 17.6 Å². The van der Waals surface area contributed by atoms with E-state index in [1.807, 2.05) is 11.8 Å². The van der Waals surface area contributed by atoms with Crippen LogP contribution in [0.5, 0.6) is 0 Å². The minimum Gasteiger partial charge on any atom is -0.352 e. The topological polar surface area (TPSA) is 61.4 Å². The van der Waals surface area contributed by atoms with Crippen molar-refractivity contribution in [3.63, 3.8) is 0 Å². The molecule has 1 aliphatic heterocycles. The van der Waals surface area contributed by atoms with Gasteiger partial charge in [0.05, 0.1) is 0 Å². The zero-order valence-electron chi connectivity index (χ0n) is 12.7. The Hall–Kier alpha value is -2.04. The van der Waals surface area contributed by atoms with Crippen LogP contribution in [0.4, 0.5) is 10.5 Å².